The topological polar surface area (TPSA) is 164 Å². The Labute approximate surface area is 212 Å². The first-order valence-corrected chi connectivity index (χ1v) is 11.8. The van der Waals surface area contributed by atoms with Gasteiger partial charge in [-0.25, -0.2) is 13.6 Å². The van der Waals surface area contributed by atoms with Crippen molar-refractivity contribution in [3.63, 3.8) is 0 Å². The number of carbonyl (C=O) groups is 4. The van der Waals surface area contributed by atoms with Crippen molar-refractivity contribution in [3.8, 4) is 5.88 Å². The third-order valence-corrected chi connectivity index (χ3v) is 6.18. The number of urea groups is 1. The minimum absolute atomic E-state index is 0.0585. The quantitative estimate of drug-likeness (QED) is 0.373. The van der Waals surface area contributed by atoms with Crippen molar-refractivity contribution in [1.82, 2.24) is 14.6 Å². The number of ether oxygens (including phenoxy) is 1. The minimum Gasteiger partial charge on any atom is -0.471 e. The second-order valence-corrected chi connectivity index (χ2v) is 8.95. The Bertz CT molecular complexity index is 1150. The predicted molar refractivity (Wildman–Crippen MR) is 125 cm³/mol. The highest BCUT2D eigenvalue weighted by Crippen LogP contribution is 2.31. The van der Waals surface area contributed by atoms with E-state index in [9.17, 15) is 33.1 Å². The lowest BCUT2D eigenvalue weighted by molar-refractivity contribution is -0.142. The van der Waals surface area contributed by atoms with Gasteiger partial charge in [-0.15, -0.1) is 0 Å². The van der Waals surface area contributed by atoms with Crippen molar-refractivity contribution >= 4 is 51.8 Å². The molecule has 1 aliphatic rings. The molecule has 1 aromatic carbocycles. The molecule has 1 saturated heterocycles. The fourth-order valence-corrected chi connectivity index (χ4v) is 4.23. The van der Waals surface area contributed by atoms with E-state index < -0.39 is 47.8 Å². The Kier molecular flexibility index (Phi) is 9.12. The molecule has 0 bridgehead atoms. The van der Waals surface area contributed by atoms with Crippen LogP contribution in [0.2, 0.25) is 5.02 Å². The Morgan fingerprint density at radius 1 is 1.25 bits per heavy atom. The predicted octanol–water partition coefficient (Wildman–Crippen LogP) is 1.82. The van der Waals surface area contributed by atoms with Gasteiger partial charge in [-0.3, -0.25) is 19.7 Å². The average molecular weight is 546 g/mol. The minimum atomic E-state index is -1.36. The molecule has 1 fully saturated rings. The highest BCUT2D eigenvalue weighted by Gasteiger charge is 2.26. The molecule has 2 aromatic rings. The number of primary amides is 1. The first-order valence-electron chi connectivity index (χ1n) is 10.7. The van der Waals surface area contributed by atoms with E-state index in [4.69, 9.17) is 22.1 Å². The van der Waals surface area contributed by atoms with E-state index in [1.165, 1.54) is 4.90 Å². The maximum atomic E-state index is 14.0. The van der Waals surface area contributed by atoms with Crippen LogP contribution in [0.4, 0.5) is 18.6 Å². The molecule has 2 heterocycles. The maximum Gasteiger partial charge on any atom is 0.319 e. The summed E-state index contributed by atoms with van der Waals surface area (Å²) in [7, 11) is 0. The van der Waals surface area contributed by atoms with Gasteiger partial charge in [0.05, 0.1) is 5.56 Å². The van der Waals surface area contributed by atoms with Gasteiger partial charge in [0.1, 0.15) is 40.7 Å². The molecule has 1 aliphatic heterocycles. The van der Waals surface area contributed by atoms with Crippen LogP contribution in [0.1, 0.15) is 35.2 Å². The van der Waals surface area contributed by atoms with Crippen molar-refractivity contribution in [2.24, 2.45) is 5.73 Å². The normalized spacial score (nSPS) is 14.3. The van der Waals surface area contributed by atoms with Crippen molar-refractivity contribution in [2.75, 3.05) is 25.0 Å². The first kappa shape index (κ1) is 27.2. The number of piperidine rings is 1. The van der Waals surface area contributed by atoms with Crippen molar-refractivity contribution < 1.29 is 37.8 Å². The molecule has 11 nitrogen and oxygen atoms in total. The Morgan fingerprint density at radius 3 is 2.50 bits per heavy atom. The zero-order chi connectivity index (χ0) is 26.4. The third-order valence-electron chi connectivity index (χ3n) is 5.21. The molecule has 194 valence electrons. The fourth-order valence-electron chi connectivity index (χ4n) is 3.31. The summed E-state index contributed by atoms with van der Waals surface area (Å²) in [6.07, 6.45) is -0.970. The molecule has 15 heteroatoms. The number of anilines is 1. The summed E-state index contributed by atoms with van der Waals surface area (Å²) in [6.45, 7) is -0.229. The second kappa shape index (κ2) is 12.1. The Balaban J connectivity index is 1.54. The summed E-state index contributed by atoms with van der Waals surface area (Å²) in [5.41, 5.74) is 4.60. The van der Waals surface area contributed by atoms with Crippen LogP contribution < -0.4 is 21.1 Å². The number of Topliss-reactive ketones (excluding diaryl/α,β-unsaturated/α-hetero) is 1. The molecule has 1 atom stereocenters. The number of halogens is 3. The van der Waals surface area contributed by atoms with Gasteiger partial charge < -0.3 is 25.8 Å². The van der Waals surface area contributed by atoms with Crippen LogP contribution in [0.5, 0.6) is 5.88 Å². The molecular formula is C21H22ClF2N5O6S. The fraction of sp³-hybridized carbons (Fsp3) is 0.381. The number of nitrogens with one attached hydrogen (secondary N) is 2. The Morgan fingerprint density at radius 2 is 1.89 bits per heavy atom. The number of benzene rings is 1. The largest absolute Gasteiger partial charge is 0.471 e. The van der Waals surface area contributed by atoms with Gasteiger partial charge in [-0.2, -0.15) is 4.37 Å². The first-order chi connectivity index (χ1) is 17.1. The number of hydrogen-bond donors (Lipinski definition) is 4. The molecule has 0 spiro atoms. The van der Waals surface area contributed by atoms with Gasteiger partial charge >= 0.3 is 6.03 Å². The van der Waals surface area contributed by atoms with Crippen LogP contribution in [0.15, 0.2) is 12.1 Å². The molecule has 1 unspecified atom stereocenters. The number of aliphatic hydroxyl groups excluding tert-OH is 1. The van der Waals surface area contributed by atoms with Crippen molar-refractivity contribution in [3.05, 3.63) is 39.9 Å². The number of rotatable bonds is 9. The lowest BCUT2D eigenvalue weighted by Crippen LogP contribution is -2.45. The van der Waals surface area contributed by atoms with E-state index in [1.807, 2.05) is 0 Å². The SMILES string of the molecule is NC(=O)c1c(OCc2c(F)cc(Cl)cc2F)nsc1NC(=O)NCCC(O)C(=O)N1CCC(=O)CC1. The van der Waals surface area contributed by atoms with Crippen LogP contribution in [0.3, 0.4) is 0 Å². The summed E-state index contributed by atoms with van der Waals surface area (Å²) < 4.78 is 37.0. The summed E-state index contributed by atoms with van der Waals surface area (Å²) in [6, 6.07) is 1.01. The van der Waals surface area contributed by atoms with Crippen LogP contribution in [-0.2, 0) is 16.2 Å². The van der Waals surface area contributed by atoms with E-state index in [0.717, 1.165) is 12.1 Å². The molecule has 3 rings (SSSR count). The molecule has 0 saturated carbocycles. The summed E-state index contributed by atoms with van der Waals surface area (Å²) in [4.78, 5) is 49.0. The van der Waals surface area contributed by atoms with Crippen molar-refractivity contribution in [1.29, 1.82) is 0 Å². The Hall–Kier alpha value is -3.36. The number of amides is 4. The summed E-state index contributed by atoms with van der Waals surface area (Å²) in [5, 5.41) is 14.6. The van der Waals surface area contributed by atoms with Gasteiger partial charge in [-0.1, -0.05) is 11.6 Å². The number of likely N-dealkylation sites (tertiary alicyclic amines) is 1. The number of aliphatic hydroxyl groups is 1. The lowest BCUT2D eigenvalue weighted by atomic mass is 10.1. The number of nitrogens with two attached hydrogens (primary N) is 1. The van der Waals surface area contributed by atoms with E-state index in [2.05, 4.69) is 15.0 Å². The smallest absolute Gasteiger partial charge is 0.319 e. The summed E-state index contributed by atoms with van der Waals surface area (Å²) in [5.74, 6) is -3.72. The molecule has 36 heavy (non-hydrogen) atoms. The van der Waals surface area contributed by atoms with E-state index >= 15 is 0 Å². The molecular weight excluding hydrogens is 524 g/mol. The van der Waals surface area contributed by atoms with Crippen LogP contribution >= 0.6 is 23.1 Å². The number of ketones is 1. The molecule has 4 amide bonds. The molecule has 5 N–H and O–H groups in total. The van der Waals surface area contributed by atoms with Gasteiger partial charge in [0.15, 0.2) is 0 Å². The van der Waals surface area contributed by atoms with Crippen LogP contribution in [0.25, 0.3) is 0 Å². The van der Waals surface area contributed by atoms with Gasteiger partial charge in [0.2, 0.25) is 5.88 Å². The molecule has 0 radical (unpaired) electrons. The molecule has 1 aromatic heterocycles. The number of carbonyl (C=O) groups excluding carboxylic acids is 4. The number of nitrogens with zero attached hydrogens (tertiary/aromatic N) is 2. The van der Waals surface area contributed by atoms with Gasteiger partial charge in [-0.05, 0) is 30.1 Å². The van der Waals surface area contributed by atoms with E-state index in [-0.39, 0.29) is 66.1 Å². The van der Waals surface area contributed by atoms with Crippen LogP contribution in [-0.4, -0.2) is 63.7 Å². The summed E-state index contributed by atoms with van der Waals surface area (Å²) >= 11 is 6.23. The highest BCUT2D eigenvalue weighted by molar-refractivity contribution is 7.11. The van der Waals surface area contributed by atoms with Crippen LogP contribution in [0, 0.1) is 11.6 Å². The zero-order valence-corrected chi connectivity index (χ0v) is 20.3. The second-order valence-electron chi connectivity index (χ2n) is 7.74. The number of aromatic nitrogens is 1. The van der Waals surface area contributed by atoms with E-state index in [1.54, 1.807) is 0 Å². The number of hydrogen-bond acceptors (Lipinski definition) is 8. The van der Waals surface area contributed by atoms with Gasteiger partial charge in [0.25, 0.3) is 11.8 Å². The highest BCUT2D eigenvalue weighted by atomic mass is 35.5. The lowest BCUT2D eigenvalue weighted by Gasteiger charge is -2.28. The molecule has 0 aliphatic carbocycles. The standard InChI is InChI=1S/C21H22ClF2N5O6S/c22-10-7-13(23)12(14(24)8-10)9-35-18-16(17(25)32)19(36-28-18)27-21(34)26-4-1-15(31)20(33)29-5-2-11(30)3-6-29/h7-8,15,31H,1-6,9H2,(H2,25,32)(H2,26,27,34). The monoisotopic (exact) mass is 545 g/mol. The van der Waals surface area contributed by atoms with Crippen molar-refractivity contribution in [2.45, 2.75) is 32.0 Å². The van der Waals surface area contributed by atoms with E-state index in [0.29, 0.717) is 11.5 Å². The average Bonchev–Trinajstić information content (AvgIpc) is 3.20. The van der Waals surface area contributed by atoms with Gasteiger partial charge in [0, 0.05) is 37.5 Å². The maximum absolute atomic E-state index is 14.0. The third kappa shape index (κ3) is 6.86. The zero-order valence-electron chi connectivity index (χ0n) is 18.7.